The van der Waals surface area contributed by atoms with Crippen LogP contribution in [0, 0.1) is 10.1 Å². The van der Waals surface area contributed by atoms with Gasteiger partial charge in [-0.05, 0) is 0 Å². The van der Waals surface area contributed by atoms with Gasteiger partial charge in [0.2, 0.25) is 0 Å². The molecule has 5 nitrogen and oxygen atoms in total. The number of hydrogen-bond donors (Lipinski definition) is 1. The van der Waals surface area contributed by atoms with Crippen molar-refractivity contribution in [3.05, 3.63) is 28.1 Å². The van der Waals surface area contributed by atoms with Gasteiger partial charge < -0.3 is 5.73 Å². The van der Waals surface area contributed by atoms with Crippen molar-refractivity contribution in [2.75, 3.05) is 5.73 Å². The maximum atomic E-state index is 12.0. The predicted octanol–water partition coefficient (Wildman–Crippen LogP) is 1.59. The predicted molar refractivity (Wildman–Crippen MR) is 40.3 cm³/mol. The monoisotopic (exact) mass is 207 g/mol. The SMILES string of the molecule is Nc1cnc(C(F)(F)F)cc1[N+](=O)[O-]. The summed E-state index contributed by atoms with van der Waals surface area (Å²) < 4.78 is 36.1. The van der Waals surface area contributed by atoms with Crippen LogP contribution in [0.25, 0.3) is 0 Å². The molecule has 0 aromatic carbocycles. The number of pyridine rings is 1. The fraction of sp³-hybridized carbons (Fsp3) is 0.167. The van der Waals surface area contributed by atoms with Crippen LogP contribution < -0.4 is 5.73 Å². The van der Waals surface area contributed by atoms with Gasteiger partial charge in [0.1, 0.15) is 5.69 Å². The van der Waals surface area contributed by atoms with Crippen molar-refractivity contribution in [2.45, 2.75) is 6.18 Å². The molecule has 1 aromatic rings. The molecule has 0 radical (unpaired) electrons. The van der Waals surface area contributed by atoms with Gasteiger partial charge in [-0.25, -0.2) is 4.98 Å². The largest absolute Gasteiger partial charge is 0.433 e. The van der Waals surface area contributed by atoms with E-state index in [2.05, 4.69) is 4.98 Å². The zero-order valence-electron chi connectivity index (χ0n) is 6.58. The van der Waals surface area contributed by atoms with Crippen LogP contribution in [0.5, 0.6) is 0 Å². The second kappa shape index (κ2) is 3.13. The van der Waals surface area contributed by atoms with Crippen molar-refractivity contribution in [1.29, 1.82) is 0 Å². The summed E-state index contributed by atoms with van der Waals surface area (Å²) in [6.45, 7) is 0. The molecule has 0 spiro atoms. The minimum absolute atomic E-state index is 0.301. The highest BCUT2D eigenvalue weighted by atomic mass is 19.4. The van der Waals surface area contributed by atoms with Crippen molar-refractivity contribution in [3.8, 4) is 0 Å². The molecule has 0 bridgehead atoms. The average molecular weight is 207 g/mol. The van der Waals surface area contributed by atoms with Crippen LogP contribution in [0.4, 0.5) is 24.5 Å². The number of nitrogens with two attached hydrogens (primary N) is 1. The molecule has 1 heterocycles. The summed E-state index contributed by atoms with van der Waals surface area (Å²) in [4.78, 5) is 12.2. The molecule has 2 N–H and O–H groups in total. The molecule has 0 atom stereocenters. The van der Waals surface area contributed by atoms with Crippen LogP contribution in [0.1, 0.15) is 5.69 Å². The first-order valence-corrected chi connectivity index (χ1v) is 3.29. The molecule has 0 saturated carbocycles. The van der Waals surface area contributed by atoms with Crippen LogP contribution in [-0.2, 0) is 6.18 Å². The molecule has 0 fully saturated rings. The van der Waals surface area contributed by atoms with Gasteiger partial charge in [-0.1, -0.05) is 0 Å². The normalized spacial score (nSPS) is 11.4. The lowest BCUT2D eigenvalue weighted by molar-refractivity contribution is -0.384. The molecule has 0 aliphatic heterocycles. The molecular formula is C6H4F3N3O2. The highest BCUT2D eigenvalue weighted by Gasteiger charge is 2.34. The summed E-state index contributed by atoms with van der Waals surface area (Å²) in [5, 5.41) is 10.2. The van der Waals surface area contributed by atoms with Crippen molar-refractivity contribution in [3.63, 3.8) is 0 Å². The number of aromatic nitrogens is 1. The molecule has 14 heavy (non-hydrogen) atoms. The maximum Gasteiger partial charge on any atom is 0.433 e. The van der Waals surface area contributed by atoms with Crippen LogP contribution in [0.2, 0.25) is 0 Å². The summed E-state index contributed by atoms with van der Waals surface area (Å²) in [7, 11) is 0. The van der Waals surface area contributed by atoms with Gasteiger partial charge >= 0.3 is 6.18 Å². The summed E-state index contributed by atoms with van der Waals surface area (Å²) in [6.07, 6.45) is -4.10. The molecule has 1 rings (SSSR count). The first kappa shape index (κ1) is 10.2. The molecule has 8 heteroatoms. The Labute approximate surface area is 75.5 Å². The fourth-order valence-corrected chi connectivity index (χ4v) is 0.768. The molecule has 0 unspecified atom stereocenters. The van der Waals surface area contributed by atoms with Crippen molar-refractivity contribution < 1.29 is 18.1 Å². The van der Waals surface area contributed by atoms with Gasteiger partial charge in [-0.3, -0.25) is 10.1 Å². The van der Waals surface area contributed by atoms with Gasteiger partial charge in [0.25, 0.3) is 5.69 Å². The van der Waals surface area contributed by atoms with E-state index in [4.69, 9.17) is 5.73 Å². The summed E-state index contributed by atoms with van der Waals surface area (Å²) in [5.41, 5.74) is 2.53. The van der Waals surface area contributed by atoms with E-state index < -0.39 is 28.2 Å². The molecule has 0 aliphatic carbocycles. The van der Waals surface area contributed by atoms with Gasteiger partial charge in [-0.15, -0.1) is 0 Å². The quantitative estimate of drug-likeness (QED) is 0.559. The van der Waals surface area contributed by atoms with E-state index in [0.29, 0.717) is 12.3 Å². The first-order valence-electron chi connectivity index (χ1n) is 3.29. The van der Waals surface area contributed by atoms with E-state index >= 15 is 0 Å². The molecular weight excluding hydrogens is 203 g/mol. The van der Waals surface area contributed by atoms with E-state index in [1.54, 1.807) is 0 Å². The summed E-state index contributed by atoms with van der Waals surface area (Å²) >= 11 is 0. The van der Waals surface area contributed by atoms with E-state index in [1.165, 1.54) is 0 Å². The number of nitro groups is 1. The lowest BCUT2D eigenvalue weighted by Crippen LogP contribution is -2.09. The topological polar surface area (TPSA) is 82.0 Å². The minimum Gasteiger partial charge on any atom is -0.392 e. The Balaban J connectivity index is 3.27. The average Bonchev–Trinajstić information content (AvgIpc) is 2.02. The zero-order valence-corrected chi connectivity index (χ0v) is 6.58. The van der Waals surface area contributed by atoms with Crippen LogP contribution >= 0.6 is 0 Å². The first-order chi connectivity index (χ1) is 6.32. The second-order valence-corrected chi connectivity index (χ2v) is 2.38. The van der Waals surface area contributed by atoms with Crippen LogP contribution in [0.3, 0.4) is 0 Å². The Morgan fingerprint density at radius 3 is 2.50 bits per heavy atom. The summed E-state index contributed by atoms with van der Waals surface area (Å²) in [5.74, 6) is 0. The number of nitrogens with zero attached hydrogens (tertiary/aromatic N) is 2. The molecule has 0 saturated heterocycles. The third-order valence-electron chi connectivity index (χ3n) is 1.40. The van der Waals surface area contributed by atoms with Crippen LogP contribution in [-0.4, -0.2) is 9.91 Å². The van der Waals surface area contributed by atoms with Gasteiger partial charge in [0.15, 0.2) is 5.69 Å². The number of nitrogen functional groups attached to an aromatic ring is 1. The molecule has 76 valence electrons. The lowest BCUT2D eigenvalue weighted by atomic mass is 10.3. The summed E-state index contributed by atoms with van der Waals surface area (Å²) in [6, 6.07) is 0.301. The third kappa shape index (κ3) is 1.90. The Hall–Kier alpha value is -1.86. The number of halogens is 3. The van der Waals surface area contributed by atoms with Gasteiger partial charge in [-0.2, -0.15) is 13.2 Å². The fourth-order valence-electron chi connectivity index (χ4n) is 0.768. The molecule has 0 amide bonds. The second-order valence-electron chi connectivity index (χ2n) is 2.38. The number of hydrogen-bond acceptors (Lipinski definition) is 4. The van der Waals surface area contributed by atoms with E-state index in [0.717, 1.165) is 0 Å². The van der Waals surface area contributed by atoms with Crippen molar-refractivity contribution in [2.24, 2.45) is 0 Å². The number of alkyl halides is 3. The Morgan fingerprint density at radius 2 is 2.07 bits per heavy atom. The minimum atomic E-state index is -4.71. The molecule has 1 aromatic heterocycles. The Bertz CT molecular complexity index is 377. The van der Waals surface area contributed by atoms with Crippen LogP contribution in [0.15, 0.2) is 12.3 Å². The lowest BCUT2D eigenvalue weighted by Gasteiger charge is -2.05. The highest BCUT2D eigenvalue weighted by molar-refractivity contribution is 5.56. The number of rotatable bonds is 1. The van der Waals surface area contributed by atoms with E-state index in [1.807, 2.05) is 0 Å². The number of anilines is 1. The van der Waals surface area contributed by atoms with Crippen molar-refractivity contribution >= 4 is 11.4 Å². The van der Waals surface area contributed by atoms with E-state index in [-0.39, 0.29) is 0 Å². The van der Waals surface area contributed by atoms with Crippen molar-refractivity contribution in [1.82, 2.24) is 4.98 Å². The van der Waals surface area contributed by atoms with Gasteiger partial charge in [0, 0.05) is 6.07 Å². The maximum absolute atomic E-state index is 12.0. The smallest absolute Gasteiger partial charge is 0.392 e. The molecule has 0 aliphatic rings. The third-order valence-corrected chi connectivity index (χ3v) is 1.40. The highest BCUT2D eigenvalue weighted by Crippen LogP contribution is 2.31. The van der Waals surface area contributed by atoms with Gasteiger partial charge in [0.05, 0.1) is 11.1 Å². The Kier molecular flexibility index (Phi) is 2.28. The van der Waals surface area contributed by atoms with E-state index in [9.17, 15) is 23.3 Å². The Morgan fingerprint density at radius 1 is 1.50 bits per heavy atom. The standard InChI is InChI=1S/C6H4F3N3O2/c7-6(8,9)5-1-4(12(13)14)3(10)2-11-5/h1-2H,10H2. The zero-order chi connectivity index (χ0) is 10.9.